The van der Waals surface area contributed by atoms with Crippen LogP contribution in [-0.2, 0) is 0 Å². The lowest BCUT2D eigenvalue weighted by Gasteiger charge is -1.94. The van der Waals surface area contributed by atoms with E-state index in [4.69, 9.17) is 5.73 Å². The van der Waals surface area contributed by atoms with Crippen molar-refractivity contribution in [2.75, 3.05) is 0 Å². The Hall–Kier alpha value is -2.17. The van der Waals surface area contributed by atoms with Crippen LogP contribution in [0.3, 0.4) is 0 Å². The Balaban J connectivity index is 2.41. The summed E-state index contributed by atoms with van der Waals surface area (Å²) in [6, 6.07) is 7.43. The molecule has 0 radical (unpaired) electrons. The largest absolute Gasteiger partial charge is 0.364 e. The zero-order valence-corrected chi connectivity index (χ0v) is 7.70. The number of benzene rings is 1. The number of aromatic nitrogens is 2. The molecule has 15 heavy (non-hydrogen) atoms. The van der Waals surface area contributed by atoms with Gasteiger partial charge in [-0.2, -0.15) is 5.10 Å². The van der Waals surface area contributed by atoms with E-state index < -0.39 is 5.91 Å². The van der Waals surface area contributed by atoms with Crippen molar-refractivity contribution in [1.82, 2.24) is 10.2 Å². The van der Waals surface area contributed by atoms with Gasteiger partial charge in [0.25, 0.3) is 5.91 Å². The lowest BCUT2D eigenvalue weighted by molar-refractivity contribution is 0.0995. The number of rotatable bonds is 2. The van der Waals surface area contributed by atoms with E-state index in [1.165, 1.54) is 18.2 Å². The molecule has 1 aromatic heterocycles. The minimum Gasteiger partial charge on any atom is -0.364 e. The standard InChI is InChI=1S/C10H8FN3O/c11-7-3-1-2-6(4-7)8-5-9(10(12)15)14-13-8/h1-5H,(H2,12,15)(H,13,14). The van der Waals surface area contributed by atoms with Gasteiger partial charge >= 0.3 is 0 Å². The summed E-state index contributed by atoms with van der Waals surface area (Å²) >= 11 is 0. The van der Waals surface area contributed by atoms with Crippen LogP contribution in [0.5, 0.6) is 0 Å². The van der Waals surface area contributed by atoms with Gasteiger partial charge in [0, 0.05) is 5.56 Å². The van der Waals surface area contributed by atoms with Gasteiger partial charge in [-0.05, 0) is 18.2 Å². The lowest BCUT2D eigenvalue weighted by Crippen LogP contribution is -2.10. The van der Waals surface area contributed by atoms with Crippen LogP contribution in [0.4, 0.5) is 4.39 Å². The second kappa shape index (κ2) is 3.53. The number of hydrogen-bond acceptors (Lipinski definition) is 2. The molecular weight excluding hydrogens is 197 g/mol. The highest BCUT2D eigenvalue weighted by atomic mass is 19.1. The maximum atomic E-state index is 12.9. The molecule has 0 atom stereocenters. The molecule has 0 aliphatic carbocycles. The molecule has 0 fully saturated rings. The van der Waals surface area contributed by atoms with E-state index in [1.807, 2.05) is 0 Å². The maximum absolute atomic E-state index is 12.9. The Morgan fingerprint density at radius 2 is 2.20 bits per heavy atom. The molecule has 0 unspecified atom stereocenters. The highest BCUT2D eigenvalue weighted by molar-refractivity contribution is 5.91. The van der Waals surface area contributed by atoms with Crippen molar-refractivity contribution in [2.24, 2.45) is 5.73 Å². The first-order valence-corrected chi connectivity index (χ1v) is 4.28. The Labute approximate surface area is 84.9 Å². The third kappa shape index (κ3) is 1.85. The van der Waals surface area contributed by atoms with Crippen LogP contribution < -0.4 is 5.73 Å². The summed E-state index contributed by atoms with van der Waals surface area (Å²) in [4.78, 5) is 10.8. The third-order valence-corrected chi connectivity index (χ3v) is 1.96. The molecule has 76 valence electrons. The van der Waals surface area contributed by atoms with Crippen LogP contribution >= 0.6 is 0 Å². The number of nitrogens with two attached hydrogens (primary N) is 1. The van der Waals surface area contributed by atoms with E-state index >= 15 is 0 Å². The van der Waals surface area contributed by atoms with Gasteiger partial charge in [-0.3, -0.25) is 9.89 Å². The second-order valence-corrected chi connectivity index (χ2v) is 3.04. The number of nitrogens with zero attached hydrogens (tertiary/aromatic N) is 1. The molecule has 0 spiro atoms. The third-order valence-electron chi connectivity index (χ3n) is 1.96. The van der Waals surface area contributed by atoms with Crippen LogP contribution in [0.2, 0.25) is 0 Å². The van der Waals surface area contributed by atoms with Gasteiger partial charge in [-0.25, -0.2) is 4.39 Å². The molecule has 4 nitrogen and oxygen atoms in total. The predicted molar refractivity (Wildman–Crippen MR) is 52.5 cm³/mol. The molecular formula is C10H8FN3O. The SMILES string of the molecule is NC(=O)c1cc(-c2cccc(F)c2)n[nH]1. The van der Waals surface area contributed by atoms with E-state index in [1.54, 1.807) is 12.1 Å². The van der Waals surface area contributed by atoms with Gasteiger partial charge in [0.05, 0.1) is 5.69 Å². The molecule has 1 heterocycles. The monoisotopic (exact) mass is 205 g/mol. The fraction of sp³-hybridized carbons (Fsp3) is 0. The number of hydrogen-bond donors (Lipinski definition) is 2. The molecule has 5 heteroatoms. The summed E-state index contributed by atoms with van der Waals surface area (Å²) in [5, 5.41) is 6.33. The smallest absolute Gasteiger partial charge is 0.266 e. The zero-order valence-electron chi connectivity index (χ0n) is 7.70. The summed E-state index contributed by atoms with van der Waals surface area (Å²) in [5.41, 5.74) is 6.34. The van der Waals surface area contributed by atoms with Crippen molar-refractivity contribution < 1.29 is 9.18 Å². The Kier molecular flexibility index (Phi) is 2.21. The molecule has 1 amide bonds. The van der Waals surface area contributed by atoms with Gasteiger partial charge in [-0.1, -0.05) is 12.1 Å². The number of carbonyl (C=O) groups excluding carboxylic acids is 1. The van der Waals surface area contributed by atoms with E-state index in [0.29, 0.717) is 11.3 Å². The van der Waals surface area contributed by atoms with Crippen LogP contribution in [0.25, 0.3) is 11.3 Å². The summed E-state index contributed by atoms with van der Waals surface area (Å²) in [6.45, 7) is 0. The first-order chi connectivity index (χ1) is 7.16. The van der Waals surface area contributed by atoms with E-state index in [9.17, 15) is 9.18 Å². The lowest BCUT2D eigenvalue weighted by atomic mass is 10.1. The van der Waals surface area contributed by atoms with Gasteiger partial charge in [0.2, 0.25) is 0 Å². The minimum atomic E-state index is -0.592. The number of primary amides is 1. The Bertz CT molecular complexity index is 507. The molecule has 0 aliphatic rings. The molecule has 3 N–H and O–H groups in total. The van der Waals surface area contributed by atoms with Crippen LogP contribution in [0, 0.1) is 5.82 Å². The summed E-state index contributed by atoms with van der Waals surface area (Å²) < 4.78 is 12.9. The topological polar surface area (TPSA) is 71.8 Å². The van der Waals surface area contributed by atoms with Gasteiger partial charge < -0.3 is 5.73 Å². The molecule has 2 aromatic rings. The van der Waals surface area contributed by atoms with Crippen molar-refractivity contribution in [1.29, 1.82) is 0 Å². The zero-order chi connectivity index (χ0) is 10.8. The number of amides is 1. The Morgan fingerprint density at radius 3 is 2.80 bits per heavy atom. The molecule has 0 saturated carbocycles. The summed E-state index contributed by atoms with van der Waals surface area (Å²) in [7, 11) is 0. The molecule has 0 aliphatic heterocycles. The quantitative estimate of drug-likeness (QED) is 0.775. The van der Waals surface area contributed by atoms with Gasteiger partial charge in [0.1, 0.15) is 11.5 Å². The van der Waals surface area contributed by atoms with Gasteiger partial charge in [-0.15, -0.1) is 0 Å². The number of halogens is 1. The summed E-state index contributed by atoms with van der Waals surface area (Å²) in [5.74, 6) is -0.943. The van der Waals surface area contributed by atoms with E-state index in [-0.39, 0.29) is 11.5 Å². The van der Waals surface area contributed by atoms with Crippen LogP contribution in [0.1, 0.15) is 10.5 Å². The van der Waals surface area contributed by atoms with Gasteiger partial charge in [0.15, 0.2) is 0 Å². The van der Waals surface area contributed by atoms with Crippen molar-refractivity contribution >= 4 is 5.91 Å². The first-order valence-electron chi connectivity index (χ1n) is 4.28. The average molecular weight is 205 g/mol. The normalized spacial score (nSPS) is 10.2. The number of carbonyl (C=O) groups is 1. The van der Waals surface area contributed by atoms with Crippen LogP contribution in [0.15, 0.2) is 30.3 Å². The van der Waals surface area contributed by atoms with Crippen LogP contribution in [-0.4, -0.2) is 16.1 Å². The molecule has 1 aromatic carbocycles. The van der Waals surface area contributed by atoms with Crippen molar-refractivity contribution in [2.45, 2.75) is 0 Å². The van der Waals surface area contributed by atoms with E-state index in [0.717, 1.165) is 0 Å². The Morgan fingerprint density at radius 1 is 1.40 bits per heavy atom. The summed E-state index contributed by atoms with van der Waals surface area (Å²) in [6.07, 6.45) is 0. The van der Waals surface area contributed by atoms with Crippen molar-refractivity contribution in [3.63, 3.8) is 0 Å². The maximum Gasteiger partial charge on any atom is 0.266 e. The van der Waals surface area contributed by atoms with Crippen molar-refractivity contribution in [3.8, 4) is 11.3 Å². The number of H-pyrrole nitrogens is 1. The first kappa shape index (κ1) is 9.39. The van der Waals surface area contributed by atoms with Crippen molar-refractivity contribution in [3.05, 3.63) is 41.8 Å². The highest BCUT2D eigenvalue weighted by Gasteiger charge is 2.07. The molecule has 2 rings (SSSR count). The number of aromatic amines is 1. The minimum absolute atomic E-state index is 0.203. The predicted octanol–water partition coefficient (Wildman–Crippen LogP) is 1.31. The number of nitrogens with one attached hydrogen (secondary N) is 1. The molecule has 0 bridgehead atoms. The average Bonchev–Trinajstić information content (AvgIpc) is 2.66. The fourth-order valence-electron chi connectivity index (χ4n) is 1.24. The second-order valence-electron chi connectivity index (χ2n) is 3.04. The molecule has 0 saturated heterocycles. The fourth-order valence-corrected chi connectivity index (χ4v) is 1.24. The highest BCUT2D eigenvalue weighted by Crippen LogP contribution is 2.18. The van der Waals surface area contributed by atoms with E-state index in [2.05, 4.69) is 10.2 Å².